The van der Waals surface area contributed by atoms with Crippen molar-refractivity contribution >= 4 is 52.1 Å². The van der Waals surface area contributed by atoms with Crippen molar-refractivity contribution in [2.75, 3.05) is 55.5 Å². The van der Waals surface area contributed by atoms with Crippen LogP contribution in [-0.2, 0) is 11.1 Å². The third kappa shape index (κ3) is 32.4. The number of hydrogen-bond acceptors (Lipinski definition) is 0. The summed E-state index contributed by atoms with van der Waals surface area (Å²) in [5.74, 6) is 0. The second kappa shape index (κ2) is 33.3. The van der Waals surface area contributed by atoms with Crippen LogP contribution in [0.2, 0.25) is 0 Å². The van der Waals surface area contributed by atoms with Crippen molar-refractivity contribution < 1.29 is 11.1 Å². The third-order valence-corrected chi connectivity index (χ3v) is 12.1. The molecule has 0 aliphatic heterocycles. The Morgan fingerprint density at radius 3 is 0.500 bits per heavy atom. The zero-order valence-corrected chi connectivity index (χ0v) is 24.7. The molecule has 0 aliphatic carbocycles. The van der Waals surface area contributed by atoms with Crippen LogP contribution in [-0.4, -0.2) is 55.5 Å². The van der Waals surface area contributed by atoms with Crippen LogP contribution in [0.15, 0.2) is 0 Å². The van der Waals surface area contributed by atoms with Crippen LogP contribution >= 0.6 is 52.1 Å². The van der Waals surface area contributed by atoms with E-state index in [0.717, 1.165) is 11.1 Å². The molecular formula is C18H45Br2CoP3. The van der Waals surface area contributed by atoms with Gasteiger partial charge in [-0.1, -0.05) is 62.3 Å². The van der Waals surface area contributed by atoms with Gasteiger partial charge in [-0.25, -0.2) is 0 Å². The van der Waals surface area contributed by atoms with Crippen molar-refractivity contribution in [2.24, 2.45) is 0 Å². The van der Waals surface area contributed by atoms with E-state index >= 15 is 0 Å². The van der Waals surface area contributed by atoms with Crippen molar-refractivity contribution in [3.8, 4) is 0 Å². The van der Waals surface area contributed by atoms with Gasteiger partial charge in [0.15, 0.2) is 0 Å². The summed E-state index contributed by atoms with van der Waals surface area (Å²) in [7, 11) is 1.34. The van der Waals surface area contributed by atoms with Crippen LogP contribution < -0.4 is 0 Å². The van der Waals surface area contributed by atoms with E-state index in [4.69, 9.17) is 0 Å². The fourth-order valence-electron chi connectivity index (χ4n) is 2.01. The Balaban J connectivity index is -0.000000115. The van der Waals surface area contributed by atoms with Gasteiger partial charge in [0.1, 0.15) is 0 Å². The fourth-order valence-corrected chi connectivity index (χ4v) is 6.04. The van der Waals surface area contributed by atoms with Gasteiger partial charge < -0.3 is 0 Å². The molecule has 0 bridgehead atoms. The predicted molar refractivity (Wildman–Crippen MR) is 133 cm³/mol. The van der Waals surface area contributed by atoms with Gasteiger partial charge in [-0.15, -0.1) is 23.8 Å². The molecule has 0 rings (SSSR count). The van der Waals surface area contributed by atoms with Crippen molar-refractivity contribution in [1.29, 1.82) is 0 Å². The Morgan fingerprint density at radius 2 is 0.500 bits per heavy atom. The monoisotopic (exact) mass is 571 g/mol. The molecular weight excluding hydrogens is 528 g/mol. The summed E-state index contributed by atoms with van der Waals surface area (Å²) in [6.07, 6.45) is 12.8. The summed E-state index contributed by atoms with van der Waals surface area (Å²) in [5, 5.41) is 0. The molecule has 0 saturated carbocycles. The Labute approximate surface area is 180 Å². The molecule has 0 N–H and O–H groups in total. The van der Waals surface area contributed by atoms with Gasteiger partial charge >= 0.3 is 39.5 Å². The van der Waals surface area contributed by atoms with Gasteiger partial charge in [0, 0.05) is 0 Å². The molecule has 24 heavy (non-hydrogen) atoms. The van der Waals surface area contributed by atoms with Gasteiger partial charge in [-0.3, -0.25) is 0 Å². The van der Waals surface area contributed by atoms with Crippen molar-refractivity contribution in [3.63, 3.8) is 0 Å². The summed E-state index contributed by atoms with van der Waals surface area (Å²) in [4.78, 5) is 0. The molecule has 0 unspecified atom stereocenters. The van der Waals surface area contributed by atoms with Gasteiger partial charge in [-0.2, -0.15) is 0 Å². The average molecular weight is 573 g/mol. The molecule has 0 aliphatic rings. The predicted octanol–water partition coefficient (Wildman–Crippen LogP) is 9.27. The summed E-state index contributed by atoms with van der Waals surface area (Å²) in [6.45, 7) is 20.6. The Morgan fingerprint density at radius 1 is 0.417 bits per heavy atom. The molecule has 6 heteroatoms. The molecule has 0 aromatic rings. The van der Waals surface area contributed by atoms with Crippen molar-refractivity contribution in [3.05, 3.63) is 0 Å². The minimum absolute atomic E-state index is 0.446. The van der Waals surface area contributed by atoms with Crippen LogP contribution in [0.4, 0.5) is 0 Å². The van der Waals surface area contributed by atoms with Crippen LogP contribution in [0.1, 0.15) is 62.3 Å². The average Bonchev–Trinajstić information content (AvgIpc) is 2.61. The fraction of sp³-hybridized carbons (Fsp3) is 1.00. The summed E-state index contributed by atoms with van der Waals surface area (Å²) < 4.78 is 0. The summed E-state index contributed by atoms with van der Waals surface area (Å²) in [5.41, 5.74) is 0. The van der Waals surface area contributed by atoms with Gasteiger partial charge in [0.05, 0.1) is 0 Å². The van der Waals surface area contributed by atoms with E-state index in [1.54, 1.807) is 0 Å². The van der Waals surface area contributed by atoms with Crippen molar-refractivity contribution in [1.82, 2.24) is 0 Å². The number of halogens is 2. The Hall–Kier alpha value is 2.76. The van der Waals surface area contributed by atoms with Crippen LogP contribution in [0, 0.1) is 0 Å². The maximum atomic E-state index is 3.03. The summed E-state index contributed by atoms with van der Waals surface area (Å²) in [6, 6.07) is 0. The van der Waals surface area contributed by atoms with Gasteiger partial charge in [0.2, 0.25) is 0 Å². The molecule has 0 nitrogen and oxygen atoms in total. The molecule has 0 fully saturated rings. The van der Waals surface area contributed by atoms with E-state index in [2.05, 4.69) is 90.6 Å². The molecule has 0 atom stereocenters. The number of hydrogen-bond donors (Lipinski definition) is 0. The van der Waals surface area contributed by atoms with Gasteiger partial charge in [0.25, 0.3) is 0 Å². The molecule has 0 heterocycles. The van der Waals surface area contributed by atoms with E-state index in [0.29, 0.717) is 23.8 Å². The van der Waals surface area contributed by atoms with E-state index < -0.39 is 0 Å². The molecule has 0 saturated heterocycles. The molecule has 0 amide bonds. The first-order valence-electron chi connectivity index (χ1n) is 9.46. The molecule has 0 radical (unpaired) electrons. The number of rotatable bonds is 9. The summed E-state index contributed by atoms with van der Waals surface area (Å²) >= 11 is 7.12. The second-order valence-corrected chi connectivity index (χ2v) is 19.9. The standard InChI is InChI=1S/3C6H15P.2BrH.Co/c3*1-4-7(5-2)6-3;;;/h3*4-6H2,1-3H3;2*1H;/q;;;;;+2/p-2. The van der Waals surface area contributed by atoms with E-state index in [1.165, 1.54) is 55.5 Å². The van der Waals surface area contributed by atoms with Crippen molar-refractivity contribution in [2.45, 2.75) is 62.3 Å². The first kappa shape index (κ1) is 34.3. The van der Waals surface area contributed by atoms with E-state index in [9.17, 15) is 0 Å². The molecule has 0 spiro atoms. The molecule has 0 aromatic carbocycles. The third-order valence-electron chi connectivity index (χ3n) is 4.02. The van der Waals surface area contributed by atoms with Gasteiger partial charge in [-0.05, 0) is 55.5 Å². The van der Waals surface area contributed by atoms with E-state index in [1.807, 2.05) is 0 Å². The quantitative estimate of drug-likeness (QED) is 0.241. The SMILES string of the molecule is CCP(CC)CC.CCP(CC)CC.CCP(CC)CC.[Br][Co][Br]. The molecule has 155 valence electrons. The zero-order chi connectivity index (χ0) is 19.8. The normalized spacial score (nSPS) is 9.92. The van der Waals surface area contributed by atoms with Crippen LogP contribution in [0.3, 0.4) is 0 Å². The minimum atomic E-state index is 0.446. The topological polar surface area (TPSA) is 0 Å². The Kier molecular flexibility index (Phi) is 47.6. The van der Waals surface area contributed by atoms with Crippen LogP contribution in [0.25, 0.3) is 0 Å². The zero-order valence-electron chi connectivity index (χ0n) is 17.8. The maximum absolute atomic E-state index is 3.03. The molecule has 0 aromatic heterocycles. The first-order chi connectivity index (χ1) is 11.5. The Bertz CT molecular complexity index is 133. The van der Waals surface area contributed by atoms with Crippen LogP contribution in [0.5, 0.6) is 0 Å². The second-order valence-electron chi connectivity index (χ2n) is 4.91. The van der Waals surface area contributed by atoms with E-state index in [-0.39, 0.29) is 0 Å². The first-order valence-corrected chi connectivity index (χ1v) is 20.3.